The highest BCUT2D eigenvalue weighted by molar-refractivity contribution is 8.01. The molecule has 0 aromatic heterocycles. The summed E-state index contributed by atoms with van der Waals surface area (Å²) in [6.45, 7) is 7.03. The molecule has 0 saturated carbocycles. The Kier molecular flexibility index (Phi) is 6.02. The van der Waals surface area contributed by atoms with Gasteiger partial charge in [-0.15, -0.1) is 11.8 Å². The van der Waals surface area contributed by atoms with Crippen molar-refractivity contribution in [3.05, 3.63) is 101 Å². The highest BCUT2D eigenvalue weighted by atomic mass is 32.2. The molecule has 0 bridgehead atoms. The summed E-state index contributed by atoms with van der Waals surface area (Å²) in [5.41, 5.74) is 3.04. The van der Waals surface area contributed by atoms with Crippen molar-refractivity contribution in [2.45, 2.75) is 62.1 Å². The third-order valence-electron chi connectivity index (χ3n) is 7.17. The molecule has 33 heavy (non-hydrogen) atoms. The average Bonchev–Trinajstić information content (AvgIpc) is 2.83. The van der Waals surface area contributed by atoms with E-state index in [0.29, 0.717) is 12.5 Å². The molecule has 0 amide bonds. The molecule has 2 aliphatic rings. The maximum absolute atomic E-state index is 11.6. The first-order valence-electron chi connectivity index (χ1n) is 11.8. The Labute approximate surface area is 201 Å². The van der Waals surface area contributed by atoms with Crippen molar-refractivity contribution in [1.82, 2.24) is 0 Å². The van der Waals surface area contributed by atoms with Crippen molar-refractivity contribution in [1.29, 1.82) is 0 Å². The molecule has 1 aliphatic heterocycles. The van der Waals surface area contributed by atoms with Crippen LogP contribution in [0.1, 0.15) is 55.5 Å². The van der Waals surface area contributed by atoms with E-state index < -0.39 is 5.60 Å². The van der Waals surface area contributed by atoms with Gasteiger partial charge in [-0.25, -0.2) is 0 Å². The number of rotatable bonds is 5. The smallest absolute Gasteiger partial charge is 0.137 e. The lowest BCUT2D eigenvalue weighted by Gasteiger charge is -2.52. The van der Waals surface area contributed by atoms with Crippen LogP contribution < -0.4 is 4.74 Å². The number of aliphatic hydroxyl groups is 1. The number of thioether (sulfide) groups is 1. The first-order valence-corrected chi connectivity index (χ1v) is 12.6. The third kappa shape index (κ3) is 4.32. The summed E-state index contributed by atoms with van der Waals surface area (Å²) in [6, 6.07) is 26.5. The molecule has 172 valence electrons. The summed E-state index contributed by atoms with van der Waals surface area (Å²) in [5.74, 6) is 1.32. The molecule has 1 aliphatic carbocycles. The van der Waals surface area contributed by atoms with Crippen LogP contribution in [0.3, 0.4) is 0 Å². The summed E-state index contributed by atoms with van der Waals surface area (Å²) < 4.78 is 13.0. The topological polar surface area (TPSA) is 38.7 Å². The minimum atomic E-state index is -1.09. The number of hydrogen-bond acceptors (Lipinski definition) is 4. The van der Waals surface area contributed by atoms with Crippen LogP contribution in [0.25, 0.3) is 0 Å². The molecular weight excluding hydrogens is 428 g/mol. The van der Waals surface area contributed by atoms with Crippen LogP contribution in [-0.2, 0) is 23.4 Å². The summed E-state index contributed by atoms with van der Waals surface area (Å²) in [4.78, 5) is 0. The lowest BCUT2D eigenvalue weighted by atomic mass is 9.75. The molecule has 1 N–H and O–H groups in total. The van der Waals surface area contributed by atoms with Crippen molar-refractivity contribution in [3.8, 4) is 5.75 Å². The van der Waals surface area contributed by atoms with E-state index in [-0.39, 0.29) is 16.3 Å². The largest absolute Gasteiger partial charge is 0.489 e. The Morgan fingerprint density at radius 2 is 1.70 bits per heavy atom. The van der Waals surface area contributed by atoms with Gasteiger partial charge in [-0.1, -0.05) is 86.6 Å². The molecule has 1 fully saturated rings. The van der Waals surface area contributed by atoms with Gasteiger partial charge in [0, 0.05) is 10.7 Å². The van der Waals surface area contributed by atoms with Gasteiger partial charge in [-0.2, -0.15) is 0 Å². The predicted molar refractivity (Wildman–Crippen MR) is 134 cm³/mol. The maximum Gasteiger partial charge on any atom is 0.137 e. The Balaban J connectivity index is 1.45. The molecule has 3 aromatic rings. The molecule has 4 atom stereocenters. The quantitative estimate of drug-likeness (QED) is 0.463. The second-order valence-corrected chi connectivity index (χ2v) is 11.6. The Morgan fingerprint density at radius 3 is 2.42 bits per heavy atom. The Bertz CT molecular complexity index is 1090. The van der Waals surface area contributed by atoms with E-state index in [0.717, 1.165) is 29.7 Å². The van der Waals surface area contributed by atoms with Crippen molar-refractivity contribution < 1.29 is 14.6 Å². The number of benzene rings is 3. The third-order valence-corrected chi connectivity index (χ3v) is 8.87. The number of fused-ring (bicyclic) bond motifs is 3. The van der Waals surface area contributed by atoms with E-state index in [1.54, 1.807) is 11.8 Å². The maximum atomic E-state index is 11.6. The zero-order valence-electron chi connectivity index (χ0n) is 19.5. The summed E-state index contributed by atoms with van der Waals surface area (Å²) in [7, 11) is 0. The fourth-order valence-electron chi connectivity index (χ4n) is 5.22. The fraction of sp³-hybridized carbons (Fsp3) is 0.379. The second-order valence-electron chi connectivity index (χ2n) is 9.87. The van der Waals surface area contributed by atoms with E-state index in [2.05, 4.69) is 44.2 Å². The Morgan fingerprint density at radius 1 is 1.00 bits per heavy atom. The SMILES string of the molecule is CC1(C)S[C@H]([C@@](C)(O)c2ccccc2)O[C@@H]2c3cccc(OCc4ccccc4)c3CC[C@@H]21. The highest BCUT2D eigenvalue weighted by Crippen LogP contribution is 2.57. The van der Waals surface area contributed by atoms with Crippen molar-refractivity contribution in [2.75, 3.05) is 0 Å². The lowest BCUT2D eigenvalue weighted by molar-refractivity contribution is -0.121. The summed E-state index contributed by atoms with van der Waals surface area (Å²) in [6.07, 6.45) is 1.96. The fourth-order valence-corrected chi connectivity index (χ4v) is 6.73. The minimum absolute atomic E-state index is 0.0229. The van der Waals surface area contributed by atoms with Gasteiger partial charge >= 0.3 is 0 Å². The first kappa shape index (κ1) is 22.5. The van der Waals surface area contributed by atoms with Crippen LogP contribution >= 0.6 is 11.8 Å². The zero-order chi connectivity index (χ0) is 23.1. The normalized spacial score (nSPS) is 25.4. The van der Waals surface area contributed by atoms with Gasteiger partial charge < -0.3 is 14.6 Å². The van der Waals surface area contributed by atoms with Gasteiger partial charge in [0.05, 0.1) is 6.10 Å². The van der Waals surface area contributed by atoms with Gasteiger partial charge in [-0.05, 0) is 48.1 Å². The van der Waals surface area contributed by atoms with Crippen LogP contribution in [-0.4, -0.2) is 15.3 Å². The Hall–Kier alpha value is -2.27. The van der Waals surface area contributed by atoms with E-state index in [1.165, 1.54) is 11.1 Å². The van der Waals surface area contributed by atoms with Crippen LogP contribution in [0.2, 0.25) is 0 Å². The molecule has 1 heterocycles. The number of ether oxygens (including phenoxy) is 2. The molecule has 3 nitrogen and oxygen atoms in total. The van der Waals surface area contributed by atoms with Gasteiger partial charge in [0.1, 0.15) is 23.4 Å². The molecule has 0 unspecified atom stereocenters. The van der Waals surface area contributed by atoms with Crippen LogP contribution in [0, 0.1) is 5.92 Å². The van der Waals surface area contributed by atoms with E-state index in [9.17, 15) is 5.11 Å². The van der Waals surface area contributed by atoms with E-state index in [4.69, 9.17) is 9.47 Å². The summed E-state index contributed by atoms with van der Waals surface area (Å²) >= 11 is 1.76. The van der Waals surface area contributed by atoms with Crippen molar-refractivity contribution >= 4 is 11.8 Å². The molecule has 0 spiro atoms. The van der Waals surface area contributed by atoms with Gasteiger partial charge in [0.15, 0.2) is 0 Å². The molecular formula is C29H32O3S. The summed E-state index contributed by atoms with van der Waals surface area (Å²) in [5, 5.41) is 11.6. The second kappa shape index (κ2) is 8.83. The van der Waals surface area contributed by atoms with Crippen molar-refractivity contribution in [2.24, 2.45) is 5.92 Å². The van der Waals surface area contributed by atoms with Gasteiger partial charge in [-0.3, -0.25) is 0 Å². The van der Waals surface area contributed by atoms with Gasteiger partial charge in [0.25, 0.3) is 0 Å². The average molecular weight is 461 g/mol. The standard InChI is InChI=1S/C29H32O3S/c1-28(2)24-18-17-22-23(15-10-16-25(22)31-19-20-11-6-4-7-12-20)26(24)32-27(33-28)29(3,30)21-13-8-5-9-14-21/h4-16,24,26-27,30H,17-19H2,1-3H3/t24-,26+,27+,29-/m0/s1. The van der Waals surface area contributed by atoms with E-state index >= 15 is 0 Å². The molecule has 1 saturated heterocycles. The molecule has 5 rings (SSSR count). The number of hydrogen-bond donors (Lipinski definition) is 1. The zero-order valence-corrected chi connectivity index (χ0v) is 20.3. The highest BCUT2D eigenvalue weighted by Gasteiger charge is 2.52. The molecule has 0 radical (unpaired) electrons. The van der Waals surface area contributed by atoms with Crippen molar-refractivity contribution in [3.63, 3.8) is 0 Å². The van der Waals surface area contributed by atoms with E-state index in [1.807, 2.05) is 55.5 Å². The van der Waals surface area contributed by atoms with Gasteiger partial charge in [0.2, 0.25) is 0 Å². The van der Waals surface area contributed by atoms with Crippen LogP contribution in [0.15, 0.2) is 78.9 Å². The first-order chi connectivity index (χ1) is 15.9. The van der Waals surface area contributed by atoms with Crippen LogP contribution in [0.5, 0.6) is 5.75 Å². The molecule has 4 heteroatoms. The van der Waals surface area contributed by atoms with Crippen LogP contribution in [0.4, 0.5) is 0 Å². The monoisotopic (exact) mass is 460 g/mol. The minimum Gasteiger partial charge on any atom is -0.489 e. The molecule has 3 aromatic carbocycles. The lowest BCUT2D eigenvalue weighted by Crippen LogP contribution is -2.50. The predicted octanol–water partition coefficient (Wildman–Crippen LogP) is 6.64.